The van der Waals surface area contributed by atoms with E-state index in [1.165, 1.54) is 12.1 Å². The van der Waals surface area contributed by atoms with Crippen molar-refractivity contribution in [2.24, 2.45) is 5.92 Å². The number of methoxy groups -OCH3 is 2. The van der Waals surface area contributed by atoms with Crippen LogP contribution < -0.4 is 25.0 Å². The standard InChI is InChI=1S/C28H29FN6O4S/c1-38-21-3-4-22(24(14-21)39-2)23-12-18(29)11-20(32-23)16-30-15-17-6-9-35(10-7-17)27-31-8-5-19(33-27)13-25-26(36)34-28(37)40-25/h3-5,8,11-14,17,30H,6-7,9-10,15-16H2,1-2H3,(H,34,36,37)/b25-13-. The second-order valence-electron chi connectivity index (χ2n) is 9.42. The molecule has 0 atom stereocenters. The molecule has 10 nitrogen and oxygen atoms in total. The molecule has 208 valence electrons. The van der Waals surface area contributed by atoms with Crippen LogP contribution in [0.15, 0.2) is 47.5 Å². The molecule has 5 rings (SSSR count). The Morgan fingerprint density at radius 3 is 2.67 bits per heavy atom. The van der Waals surface area contributed by atoms with Gasteiger partial charge in [0.2, 0.25) is 5.95 Å². The number of carbonyl (C=O) groups excluding carboxylic acids is 2. The van der Waals surface area contributed by atoms with Gasteiger partial charge in [-0.05, 0) is 67.4 Å². The molecule has 4 heterocycles. The zero-order chi connectivity index (χ0) is 28.1. The Kier molecular flexibility index (Phi) is 8.56. The van der Waals surface area contributed by atoms with Crippen LogP contribution in [0.25, 0.3) is 17.3 Å². The zero-order valence-corrected chi connectivity index (χ0v) is 23.0. The molecule has 3 aromatic rings. The van der Waals surface area contributed by atoms with Crippen LogP contribution in [0.1, 0.15) is 24.2 Å². The number of hydrogen-bond acceptors (Lipinski definition) is 10. The van der Waals surface area contributed by atoms with Gasteiger partial charge in [-0.1, -0.05) is 0 Å². The van der Waals surface area contributed by atoms with E-state index in [1.807, 2.05) is 6.07 Å². The summed E-state index contributed by atoms with van der Waals surface area (Å²) in [6, 6.07) is 9.91. The van der Waals surface area contributed by atoms with E-state index in [2.05, 4.69) is 30.5 Å². The topological polar surface area (TPSA) is 119 Å². The summed E-state index contributed by atoms with van der Waals surface area (Å²) < 4.78 is 25.2. The summed E-state index contributed by atoms with van der Waals surface area (Å²) in [7, 11) is 3.14. The molecule has 2 aliphatic rings. The Morgan fingerprint density at radius 1 is 1.12 bits per heavy atom. The molecular weight excluding hydrogens is 535 g/mol. The molecule has 1 aromatic carbocycles. The molecule has 0 bridgehead atoms. The third-order valence-electron chi connectivity index (χ3n) is 6.75. The normalized spacial score (nSPS) is 16.9. The summed E-state index contributed by atoms with van der Waals surface area (Å²) >= 11 is 0.864. The number of nitrogens with one attached hydrogen (secondary N) is 2. The van der Waals surface area contributed by atoms with Crippen LogP contribution in [-0.4, -0.2) is 60.0 Å². The minimum absolute atomic E-state index is 0.322. The minimum Gasteiger partial charge on any atom is -0.497 e. The molecule has 2 amide bonds. The van der Waals surface area contributed by atoms with Gasteiger partial charge in [-0.25, -0.2) is 14.4 Å². The summed E-state index contributed by atoms with van der Waals surface area (Å²) in [5, 5.41) is 5.29. The third kappa shape index (κ3) is 6.57. The second-order valence-corrected chi connectivity index (χ2v) is 10.4. The van der Waals surface area contributed by atoms with Gasteiger partial charge in [-0.3, -0.25) is 19.9 Å². The van der Waals surface area contributed by atoms with Crippen molar-refractivity contribution in [3.8, 4) is 22.8 Å². The molecule has 12 heteroatoms. The zero-order valence-electron chi connectivity index (χ0n) is 22.1. The van der Waals surface area contributed by atoms with Crippen molar-refractivity contribution in [1.82, 2.24) is 25.6 Å². The van der Waals surface area contributed by atoms with Gasteiger partial charge in [0.1, 0.15) is 17.3 Å². The van der Waals surface area contributed by atoms with Crippen LogP contribution in [0.2, 0.25) is 0 Å². The Balaban J connectivity index is 1.15. The van der Waals surface area contributed by atoms with Gasteiger partial charge >= 0.3 is 0 Å². The van der Waals surface area contributed by atoms with E-state index in [0.717, 1.165) is 44.2 Å². The number of amides is 2. The first-order valence-corrected chi connectivity index (χ1v) is 13.7. The first-order chi connectivity index (χ1) is 19.4. The number of ether oxygens (including phenoxy) is 2. The first-order valence-electron chi connectivity index (χ1n) is 12.8. The molecule has 2 saturated heterocycles. The summed E-state index contributed by atoms with van der Waals surface area (Å²) in [6.45, 7) is 2.80. The average Bonchev–Trinajstić information content (AvgIpc) is 3.28. The van der Waals surface area contributed by atoms with Crippen LogP contribution >= 0.6 is 11.8 Å². The SMILES string of the molecule is COc1ccc(-c2cc(F)cc(CNCC3CCN(c4nccc(/C=C5\SC(=O)NC5=O)n4)CC3)n2)c(OC)c1. The summed E-state index contributed by atoms with van der Waals surface area (Å²) in [5.74, 6) is 1.49. The number of imide groups is 1. The Morgan fingerprint density at radius 2 is 1.95 bits per heavy atom. The van der Waals surface area contributed by atoms with Crippen LogP contribution in [0.3, 0.4) is 0 Å². The number of nitrogens with zero attached hydrogens (tertiary/aromatic N) is 4. The third-order valence-corrected chi connectivity index (χ3v) is 7.56. The van der Waals surface area contributed by atoms with Gasteiger partial charge < -0.3 is 19.7 Å². The molecule has 0 spiro atoms. The van der Waals surface area contributed by atoms with Crippen molar-refractivity contribution in [2.75, 3.05) is 38.8 Å². The first kappa shape index (κ1) is 27.5. The molecule has 40 heavy (non-hydrogen) atoms. The predicted molar refractivity (Wildman–Crippen MR) is 151 cm³/mol. The lowest BCUT2D eigenvalue weighted by Gasteiger charge is -2.32. The van der Waals surface area contributed by atoms with Crippen LogP contribution in [0.4, 0.5) is 15.1 Å². The number of anilines is 1. The smallest absolute Gasteiger partial charge is 0.290 e. The number of carbonyl (C=O) groups is 2. The highest BCUT2D eigenvalue weighted by Gasteiger charge is 2.26. The fourth-order valence-corrected chi connectivity index (χ4v) is 5.35. The monoisotopic (exact) mass is 564 g/mol. The van der Waals surface area contributed by atoms with E-state index < -0.39 is 5.91 Å². The lowest BCUT2D eigenvalue weighted by Crippen LogP contribution is -2.38. The van der Waals surface area contributed by atoms with E-state index in [4.69, 9.17) is 9.47 Å². The van der Waals surface area contributed by atoms with Crippen molar-refractivity contribution >= 4 is 34.9 Å². The molecule has 2 fully saturated rings. The lowest BCUT2D eigenvalue weighted by molar-refractivity contribution is -0.115. The van der Waals surface area contributed by atoms with Crippen LogP contribution in [0, 0.1) is 11.7 Å². The molecule has 2 aromatic heterocycles. The van der Waals surface area contributed by atoms with Crippen molar-refractivity contribution in [1.29, 1.82) is 0 Å². The molecule has 0 unspecified atom stereocenters. The van der Waals surface area contributed by atoms with Gasteiger partial charge in [0.15, 0.2) is 0 Å². The van der Waals surface area contributed by atoms with Crippen LogP contribution in [-0.2, 0) is 11.3 Å². The number of piperidine rings is 1. The van der Waals surface area contributed by atoms with E-state index in [9.17, 15) is 14.0 Å². The number of rotatable bonds is 9. The predicted octanol–water partition coefficient (Wildman–Crippen LogP) is 4.03. The maximum Gasteiger partial charge on any atom is 0.290 e. The van der Waals surface area contributed by atoms with Crippen molar-refractivity contribution in [3.05, 3.63) is 64.7 Å². The highest BCUT2D eigenvalue weighted by molar-refractivity contribution is 8.18. The molecule has 0 saturated carbocycles. The number of benzene rings is 1. The van der Waals surface area contributed by atoms with E-state index in [-0.39, 0.29) is 11.1 Å². The molecule has 0 radical (unpaired) electrons. The number of thioether (sulfide) groups is 1. The van der Waals surface area contributed by atoms with Crippen molar-refractivity contribution in [2.45, 2.75) is 19.4 Å². The van der Waals surface area contributed by atoms with Gasteiger partial charge in [0.05, 0.1) is 36.2 Å². The number of halogens is 1. The molecule has 0 aliphatic carbocycles. The highest BCUT2D eigenvalue weighted by atomic mass is 32.2. The molecule has 2 aliphatic heterocycles. The maximum atomic E-state index is 14.5. The summed E-state index contributed by atoms with van der Waals surface area (Å²) in [6.07, 6.45) is 5.14. The molecule has 2 N–H and O–H groups in total. The number of pyridine rings is 1. The lowest BCUT2D eigenvalue weighted by atomic mass is 9.97. The summed E-state index contributed by atoms with van der Waals surface area (Å²) in [4.78, 5) is 39.3. The fourth-order valence-electron chi connectivity index (χ4n) is 4.68. The largest absolute Gasteiger partial charge is 0.497 e. The second kappa shape index (κ2) is 12.4. The van der Waals surface area contributed by atoms with Crippen molar-refractivity contribution in [3.63, 3.8) is 0 Å². The molecular formula is C28H29FN6O4S. The maximum absolute atomic E-state index is 14.5. The summed E-state index contributed by atoms with van der Waals surface area (Å²) in [5.41, 5.74) is 2.38. The quantitative estimate of drug-likeness (QED) is 0.369. The Labute approximate surface area is 235 Å². The van der Waals surface area contributed by atoms with E-state index in [0.29, 0.717) is 57.5 Å². The van der Waals surface area contributed by atoms with Gasteiger partial charge in [-0.15, -0.1) is 0 Å². The Hall–Kier alpha value is -4.03. The average molecular weight is 565 g/mol. The number of aromatic nitrogens is 3. The van der Waals surface area contributed by atoms with Gasteiger partial charge in [-0.2, -0.15) is 0 Å². The van der Waals surface area contributed by atoms with Gasteiger partial charge in [0, 0.05) is 43.5 Å². The van der Waals surface area contributed by atoms with E-state index in [1.54, 1.807) is 44.7 Å². The Bertz CT molecular complexity index is 1440. The van der Waals surface area contributed by atoms with E-state index >= 15 is 0 Å². The number of hydrogen-bond donors (Lipinski definition) is 2. The fraction of sp³-hybridized carbons (Fsp3) is 0.321. The highest BCUT2D eigenvalue weighted by Crippen LogP contribution is 2.33. The van der Waals surface area contributed by atoms with Crippen LogP contribution in [0.5, 0.6) is 11.5 Å². The minimum atomic E-state index is -0.409. The van der Waals surface area contributed by atoms with Gasteiger partial charge in [0.25, 0.3) is 11.1 Å². The van der Waals surface area contributed by atoms with Crippen molar-refractivity contribution < 1.29 is 23.5 Å².